The van der Waals surface area contributed by atoms with Crippen molar-refractivity contribution in [3.8, 4) is 23.3 Å². The molecule has 0 saturated heterocycles. The Balaban J connectivity index is 1.60. The fourth-order valence-electron chi connectivity index (χ4n) is 3.26. The molecule has 0 bridgehead atoms. The number of amides is 1. The lowest BCUT2D eigenvalue weighted by Crippen LogP contribution is -2.33. The molecule has 0 unspecified atom stereocenters. The quantitative estimate of drug-likeness (QED) is 0.459. The van der Waals surface area contributed by atoms with Crippen molar-refractivity contribution < 1.29 is 9.53 Å². The van der Waals surface area contributed by atoms with E-state index in [1.54, 1.807) is 0 Å². The molecule has 0 spiro atoms. The van der Waals surface area contributed by atoms with Crippen LogP contribution in [0.5, 0.6) is 0 Å². The zero-order valence-electron chi connectivity index (χ0n) is 17.1. The highest BCUT2D eigenvalue weighted by Crippen LogP contribution is 2.24. The molecule has 1 atom stereocenters. The lowest BCUT2D eigenvalue weighted by Gasteiger charge is -2.20. The van der Waals surface area contributed by atoms with Crippen molar-refractivity contribution in [3.05, 3.63) is 96.1 Å². The molecule has 3 aromatic rings. The Morgan fingerprint density at radius 2 is 1.48 bits per heavy atom. The first-order valence-corrected chi connectivity index (χ1v) is 10.1. The largest absolute Gasteiger partial charge is 0.445 e. The third-order valence-electron chi connectivity index (χ3n) is 4.99. The minimum atomic E-state index is -0.554. The van der Waals surface area contributed by atoms with Crippen LogP contribution in [-0.4, -0.2) is 24.1 Å². The third-order valence-corrected chi connectivity index (χ3v) is 4.99. The second kappa shape index (κ2) is 11.2. The highest BCUT2D eigenvalue weighted by molar-refractivity contribution is 5.68. The van der Waals surface area contributed by atoms with E-state index in [0.29, 0.717) is 6.42 Å². The molecule has 0 saturated carbocycles. The molecule has 0 fully saturated rings. The number of carbonyl (C=O) groups is 1. The van der Waals surface area contributed by atoms with Crippen LogP contribution in [0.3, 0.4) is 0 Å². The molecule has 0 N–H and O–H groups in total. The summed E-state index contributed by atoms with van der Waals surface area (Å²) in [4.78, 5) is 13.8. The van der Waals surface area contributed by atoms with Crippen molar-refractivity contribution in [2.75, 3.05) is 13.1 Å². The van der Waals surface area contributed by atoms with Gasteiger partial charge in [0.15, 0.2) is 0 Å². The van der Waals surface area contributed by atoms with Gasteiger partial charge < -0.3 is 4.74 Å². The molecule has 0 aliphatic heterocycles. The Morgan fingerprint density at radius 1 is 0.871 bits per heavy atom. The zero-order chi connectivity index (χ0) is 21.9. The monoisotopic (exact) mass is 409 g/mol. The van der Waals surface area contributed by atoms with Crippen LogP contribution >= 0.6 is 0 Å². The van der Waals surface area contributed by atoms with Crippen LogP contribution in [0.4, 0.5) is 4.79 Å². The summed E-state index contributed by atoms with van der Waals surface area (Å²) in [5, 5.41) is 18.7. The van der Waals surface area contributed by atoms with Gasteiger partial charge in [-0.1, -0.05) is 84.9 Å². The molecule has 31 heavy (non-hydrogen) atoms. The van der Waals surface area contributed by atoms with E-state index in [0.717, 1.165) is 22.3 Å². The minimum Gasteiger partial charge on any atom is -0.445 e. The second-order valence-corrected chi connectivity index (χ2v) is 7.08. The van der Waals surface area contributed by atoms with Crippen molar-refractivity contribution in [1.29, 1.82) is 10.5 Å². The van der Waals surface area contributed by atoms with Gasteiger partial charge in [0, 0.05) is 6.54 Å². The van der Waals surface area contributed by atoms with E-state index < -0.39 is 6.09 Å². The summed E-state index contributed by atoms with van der Waals surface area (Å²) in [7, 11) is 0. The number of hydrogen-bond acceptors (Lipinski definition) is 4. The fraction of sp³-hybridized carbons (Fsp3) is 0.192. The van der Waals surface area contributed by atoms with E-state index in [4.69, 9.17) is 10.00 Å². The number of benzene rings is 3. The van der Waals surface area contributed by atoms with Crippen molar-refractivity contribution in [3.63, 3.8) is 0 Å². The molecule has 0 aliphatic carbocycles. The van der Waals surface area contributed by atoms with Crippen molar-refractivity contribution in [2.45, 2.75) is 18.9 Å². The van der Waals surface area contributed by atoms with Gasteiger partial charge in [0.25, 0.3) is 0 Å². The van der Waals surface area contributed by atoms with Gasteiger partial charge in [-0.15, -0.1) is 0 Å². The van der Waals surface area contributed by atoms with Gasteiger partial charge in [-0.25, -0.2) is 4.79 Å². The van der Waals surface area contributed by atoms with Crippen LogP contribution in [0.1, 0.15) is 23.5 Å². The topological polar surface area (TPSA) is 77.1 Å². The average Bonchev–Trinajstić information content (AvgIpc) is 2.84. The molecule has 0 radical (unpaired) electrons. The molecule has 3 aromatic carbocycles. The normalized spacial score (nSPS) is 11.0. The van der Waals surface area contributed by atoms with Gasteiger partial charge in [0.1, 0.15) is 13.2 Å². The van der Waals surface area contributed by atoms with Crippen molar-refractivity contribution in [1.82, 2.24) is 4.90 Å². The summed E-state index contributed by atoms with van der Waals surface area (Å²) >= 11 is 0. The van der Waals surface area contributed by atoms with Crippen LogP contribution in [-0.2, 0) is 11.3 Å². The molecular formula is C26H23N3O2. The van der Waals surface area contributed by atoms with E-state index in [9.17, 15) is 10.1 Å². The van der Waals surface area contributed by atoms with E-state index in [2.05, 4.69) is 6.07 Å². The molecule has 3 rings (SSSR count). The summed E-state index contributed by atoms with van der Waals surface area (Å²) < 4.78 is 5.33. The van der Waals surface area contributed by atoms with Crippen molar-refractivity contribution in [2.24, 2.45) is 0 Å². The lowest BCUT2D eigenvalue weighted by molar-refractivity contribution is 0.0999. The average molecular weight is 409 g/mol. The number of nitriles is 2. The molecule has 0 aliphatic rings. The Kier molecular flexibility index (Phi) is 7.80. The zero-order valence-corrected chi connectivity index (χ0v) is 17.1. The van der Waals surface area contributed by atoms with Gasteiger partial charge in [-0.3, -0.25) is 4.90 Å². The Hall–Kier alpha value is -4.09. The van der Waals surface area contributed by atoms with Gasteiger partial charge in [-0.2, -0.15) is 10.5 Å². The summed E-state index contributed by atoms with van der Waals surface area (Å²) in [5.41, 5.74) is 3.96. The van der Waals surface area contributed by atoms with Gasteiger partial charge in [0.05, 0.1) is 18.1 Å². The highest BCUT2D eigenvalue weighted by atomic mass is 16.6. The molecule has 0 aromatic heterocycles. The maximum Gasteiger partial charge on any atom is 0.410 e. The SMILES string of the molecule is N#CCN(CC[C@H](C#N)c1ccc(-c2ccccc2)cc1)C(=O)OCc1ccccc1. The smallest absolute Gasteiger partial charge is 0.410 e. The highest BCUT2D eigenvalue weighted by Gasteiger charge is 2.18. The fourth-order valence-corrected chi connectivity index (χ4v) is 3.26. The number of nitrogens with zero attached hydrogens (tertiary/aromatic N) is 3. The predicted octanol–water partition coefficient (Wildman–Crippen LogP) is 5.51. The van der Waals surface area contributed by atoms with E-state index >= 15 is 0 Å². The molecule has 5 nitrogen and oxygen atoms in total. The Morgan fingerprint density at radius 3 is 2.10 bits per heavy atom. The first-order chi connectivity index (χ1) is 15.2. The van der Waals surface area contributed by atoms with E-state index in [1.165, 1.54) is 4.90 Å². The van der Waals surface area contributed by atoms with Crippen molar-refractivity contribution >= 4 is 6.09 Å². The van der Waals surface area contributed by atoms with Crippen LogP contribution < -0.4 is 0 Å². The second-order valence-electron chi connectivity index (χ2n) is 7.08. The molecule has 0 heterocycles. The number of carbonyl (C=O) groups excluding carboxylic acids is 1. The maximum absolute atomic E-state index is 12.4. The van der Waals surface area contributed by atoms with Crippen LogP contribution in [0.15, 0.2) is 84.9 Å². The summed E-state index contributed by atoms with van der Waals surface area (Å²) in [6, 6.07) is 31.6. The molecule has 5 heteroatoms. The first kappa shape index (κ1) is 21.6. The summed E-state index contributed by atoms with van der Waals surface area (Å²) in [5.74, 6) is -0.382. The first-order valence-electron chi connectivity index (χ1n) is 10.1. The predicted molar refractivity (Wildman–Crippen MR) is 119 cm³/mol. The van der Waals surface area contributed by atoms with Gasteiger partial charge in [-0.05, 0) is 28.7 Å². The Bertz CT molecular complexity index is 1050. The van der Waals surface area contributed by atoms with E-state index in [-0.39, 0.29) is 25.6 Å². The number of rotatable bonds is 8. The van der Waals surface area contributed by atoms with E-state index in [1.807, 2.05) is 91.0 Å². The maximum atomic E-state index is 12.4. The number of ether oxygens (including phenoxy) is 1. The molecule has 154 valence electrons. The van der Waals surface area contributed by atoms with Gasteiger partial charge in [0.2, 0.25) is 0 Å². The number of hydrogen-bond donors (Lipinski definition) is 0. The molecular weight excluding hydrogens is 386 g/mol. The standard InChI is InChI=1S/C26H23N3O2/c27-16-18-29(26(30)31-20-21-7-3-1-4-8-21)17-15-25(19-28)24-13-11-23(12-14-24)22-9-5-2-6-10-22/h1-14,25H,15,17-18,20H2/t25-/m1/s1. The minimum absolute atomic E-state index is 0.0846. The van der Waals surface area contributed by atoms with Gasteiger partial charge >= 0.3 is 6.09 Å². The summed E-state index contributed by atoms with van der Waals surface area (Å²) in [6.07, 6.45) is -0.134. The molecule has 1 amide bonds. The Labute approximate surface area is 182 Å². The lowest BCUT2D eigenvalue weighted by atomic mass is 9.94. The van der Waals surface area contributed by atoms with Crippen LogP contribution in [0.25, 0.3) is 11.1 Å². The third kappa shape index (κ3) is 6.19. The van der Waals surface area contributed by atoms with Crippen LogP contribution in [0, 0.1) is 22.7 Å². The van der Waals surface area contributed by atoms with Crippen LogP contribution in [0.2, 0.25) is 0 Å². The summed E-state index contributed by atoms with van der Waals surface area (Å²) in [6.45, 7) is 0.322.